The molecule has 3 amide bonds. The summed E-state index contributed by atoms with van der Waals surface area (Å²) < 4.78 is 27.9. The lowest BCUT2D eigenvalue weighted by molar-refractivity contribution is -0.150. The number of likely N-dealkylation sites (tertiary alicyclic amines) is 1. The van der Waals surface area contributed by atoms with Crippen molar-refractivity contribution in [3.05, 3.63) is 59.7 Å². The number of hydrogen-bond acceptors (Lipinski definition) is 6. The van der Waals surface area contributed by atoms with Gasteiger partial charge in [0.25, 0.3) is 5.91 Å². The molecule has 4 aliphatic rings. The fourth-order valence-corrected chi connectivity index (χ4v) is 10.1. The summed E-state index contributed by atoms with van der Waals surface area (Å²) in [4.78, 5) is 45.1. The lowest BCUT2D eigenvalue weighted by atomic mass is 9.82. The third-order valence-corrected chi connectivity index (χ3v) is 11.9. The number of carbonyl (C=O) groups excluding carboxylic acids is 3. The molecule has 9 nitrogen and oxygen atoms in total. The van der Waals surface area contributed by atoms with Crippen LogP contribution in [0.25, 0.3) is 0 Å². The number of para-hydroxylation sites is 1. The van der Waals surface area contributed by atoms with Gasteiger partial charge in [0.15, 0.2) is 5.60 Å². The molecule has 0 saturated carbocycles. The van der Waals surface area contributed by atoms with Gasteiger partial charge in [-0.3, -0.25) is 14.5 Å². The molecule has 0 bridgehead atoms. The molecule has 2 aromatic rings. The largest absolute Gasteiger partial charge is 0.447 e. The molecule has 6 rings (SSSR count). The predicted molar refractivity (Wildman–Crippen MR) is 157 cm³/mol. The number of fused-ring (bicyclic) bond motifs is 2. The highest BCUT2D eigenvalue weighted by molar-refractivity contribution is 6.72. The molecule has 3 fully saturated rings. The molecule has 0 aromatic heterocycles. The Bertz CT molecular complexity index is 1400. The molecule has 4 aliphatic heterocycles. The van der Waals surface area contributed by atoms with Crippen molar-refractivity contribution < 1.29 is 33.1 Å². The number of benzene rings is 2. The topological polar surface area (TPSA) is 99.6 Å². The number of cyclic esters (lactones) is 1. The summed E-state index contributed by atoms with van der Waals surface area (Å²) in [7, 11) is -3.42. The van der Waals surface area contributed by atoms with Gasteiger partial charge in [-0.05, 0) is 49.7 Å². The summed E-state index contributed by atoms with van der Waals surface area (Å²) in [6, 6.07) is 14.7. The normalized spacial score (nSPS) is 29.1. The van der Waals surface area contributed by atoms with Crippen molar-refractivity contribution >= 4 is 37.7 Å². The molecular formula is C31H38FN3O6Si. The summed E-state index contributed by atoms with van der Waals surface area (Å²) >= 11 is 0. The van der Waals surface area contributed by atoms with E-state index in [0.29, 0.717) is 36.6 Å². The standard InChI is InChI=1S/C31H38FN3O6Si/c1-20-28(42(2,3)32)26(17-27(37)33-13-7-10-23(33)19-36)41-31(20)24-11-4-5-12-25(24)35(29(31)38)18-21-8-6-9-22(16-21)34-14-15-40-30(34)39/h4-6,8-9,11-12,16,20,23,26,28,36H,7,10,13-15,17-19H2,1-3H3/t20-,23-,26+,28-,31+/m0/s1. The zero-order valence-corrected chi connectivity index (χ0v) is 25.3. The van der Waals surface area contributed by atoms with E-state index in [-0.39, 0.29) is 37.4 Å². The van der Waals surface area contributed by atoms with E-state index in [4.69, 9.17) is 9.47 Å². The fraction of sp³-hybridized carbons (Fsp3) is 0.516. The average molecular weight is 596 g/mol. The minimum Gasteiger partial charge on any atom is -0.447 e. The van der Waals surface area contributed by atoms with Gasteiger partial charge in [-0.1, -0.05) is 37.3 Å². The number of amides is 3. The van der Waals surface area contributed by atoms with Gasteiger partial charge in [-0.2, -0.15) is 0 Å². The Kier molecular flexibility index (Phi) is 7.39. The molecule has 1 spiro atoms. The Morgan fingerprint density at radius 2 is 1.93 bits per heavy atom. The number of carbonyl (C=O) groups is 3. The molecule has 2 aromatic carbocycles. The van der Waals surface area contributed by atoms with Crippen LogP contribution >= 0.6 is 0 Å². The lowest BCUT2D eigenvalue weighted by Gasteiger charge is -2.31. The number of ether oxygens (including phenoxy) is 2. The first-order valence-electron chi connectivity index (χ1n) is 14.8. The number of aliphatic hydroxyl groups excluding tert-OH is 1. The number of anilines is 2. The second-order valence-electron chi connectivity index (χ2n) is 12.4. The Labute approximate surface area is 246 Å². The third-order valence-electron chi connectivity index (χ3n) is 9.48. The lowest BCUT2D eigenvalue weighted by Crippen LogP contribution is -2.45. The zero-order valence-electron chi connectivity index (χ0n) is 24.3. The summed E-state index contributed by atoms with van der Waals surface area (Å²) in [6.45, 7) is 6.61. The highest BCUT2D eigenvalue weighted by atomic mass is 28.4. The van der Waals surface area contributed by atoms with E-state index in [9.17, 15) is 19.5 Å². The first-order chi connectivity index (χ1) is 20.1. The van der Waals surface area contributed by atoms with Crippen LogP contribution in [-0.2, 0) is 31.2 Å². The fourth-order valence-electron chi connectivity index (χ4n) is 7.63. The maximum atomic E-state index is 16.1. The molecule has 1 N–H and O–H groups in total. The zero-order chi connectivity index (χ0) is 29.8. The second kappa shape index (κ2) is 10.8. The van der Waals surface area contributed by atoms with Gasteiger partial charge >= 0.3 is 6.09 Å². The smallest absolute Gasteiger partial charge is 0.414 e. The minimum absolute atomic E-state index is 0.0307. The molecule has 42 heavy (non-hydrogen) atoms. The average Bonchev–Trinajstić information content (AvgIpc) is 3.72. The van der Waals surface area contributed by atoms with Gasteiger partial charge in [0.2, 0.25) is 14.3 Å². The molecule has 0 radical (unpaired) electrons. The van der Waals surface area contributed by atoms with E-state index in [0.717, 1.165) is 18.4 Å². The summed E-state index contributed by atoms with van der Waals surface area (Å²) in [5, 5.41) is 9.77. The first kappa shape index (κ1) is 28.8. The minimum atomic E-state index is -3.42. The Hall–Kier alpha value is -3.28. The summed E-state index contributed by atoms with van der Waals surface area (Å²) in [5.41, 5.74) is 0.907. The highest BCUT2D eigenvalue weighted by Gasteiger charge is 2.67. The van der Waals surface area contributed by atoms with Gasteiger partial charge < -0.3 is 28.5 Å². The van der Waals surface area contributed by atoms with Crippen LogP contribution in [0.1, 0.15) is 37.3 Å². The maximum Gasteiger partial charge on any atom is 0.414 e. The molecule has 5 atom stereocenters. The van der Waals surface area contributed by atoms with Gasteiger partial charge in [0.1, 0.15) is 6.61 Å². The van der Waals surface area contributed by atoms with Crippen LogP contribution in [0.5, 0.6) is 0 Å². The van der Waals surface area contributed by atoms with Crippen molar-refractivity contribution in [1.29, 1.82) is 0 Å². The first-order valence-corrected chi connectivity index (χ1v) is 17.7. The Morgan fingerprint density at radius 1 is 1.14 bits per heavy atom. The molecule has 3 saturated heterocycles. The van der Waals surface area contributed by atoms with E-state index in [1.54, 1.807) is 27.8 Å². The SMILES string of the molecule is C[C@H]1[C@H]([Si](C)(C)F)[C@@H](CC(=O)N2CCC[C@H]2CO)O[C@]12C(=O)N(Cc1cccc(N3CCOC3=O)c1)c1ccccc12. The van der Waals surface area contributed by atoms with Crippen LogP contribution in [0.2, 0.25) is 18.6 Å². The van der Waals surface area contributed by atoms with Crippen molar-refractivity contribution in [1.82, 2.24) is 4.90 Å². The van der Waals surface area contributed by atoms with Crippen molar-refractivity contribution in [3.63, 3.8) is 0 Å². The van der Waals surface area contributed by atoms with Crippen molar-refractivity contribution in [2.75, 3.05) is 36.1 Å². The number of rotatable bonds is 7. The molecule has 224 valence electrons. The summed E-state index contributed by atoms with van der Waals surface area (Å²) in [6.07, 6.45) is 0.362. The van der Waals surface area contributed by atoms with Crippen LogP contribution < -0.4 is 9.80 Å². The maximum absolute atomic E-state index is 16.1. The van der Waals surface area contributed by atoms with Gasteiger partial charge in [-0.15, -0.1) is 0 Å². The van der Waals surface area contributed by atoms with E-state index in [2.05, 4.69) is 0 Å². The van der Waals surface area contributed by atoms with E-state index in [1.165, 1.54) is 0 Å². The monoisotopic (exact) mass is 595 g/mol. The molecule has 0 aliphatic carbocycles. The summed E-state index contributed by atoms with van der Waals surface area (Å²) in [5.74, 6) is -0.940. The van der Waals surface area contributed by atoms with E-state index in [1.807, 2.05) is 55.5 Å². The Balaban J connectivity index is 1.33. The van der Waals surface area contributed by atoms with Crippen LogP contribution in [0.3, 0.4) is 0 Å². The van der Waals surface area contributed by atoms with Crippen LogP contribution in [0, 0.1) is 5.92 Å². The van der Waals surface area contributed by atoms with Crippen LogP contribution in [0.4, 0.5) is 20.3 Å². The number of halogens is 1. The molecule has 11 heteroatoms. The number of nitrogens with zero attached hydrogens (tertiary/aromatic N) is 3. The van der Waals surface area contributed by atoms with E-state index < -0.39 is 37.7 Å². The molecular weight excluding hydrogens is 557 g/mol. The Morgan fingerprint density at radius 3 is 2.64 bits per heavy atom. The van der Waals surface area contributed by atoms with Gasteiger partial charge in [0.05, 0.1) is 44.0 Å². The van der Waals surface area contributed by atoms with Crippen LogP contribution in [-0.4, -0.2) is 74.8 Å². The predicted octanol–water partition coefficient (Wildman–Crippen LogP) is 4.34. The van der Waals surface area contributed by atoms with Crippen molar-refractivity contribution in [3.8, 4) is 0 Å². The highest BCUT2D eigenvalue weighted by Crippen LogP contribution is 2.60. The number of aliphatic hydroxyl groups is 1. The van der Waals surface area contributed by atoms with E-state index >= 15 is 4.11 Å². The number of hydrogen-bond donors (Lipinski definition) is 1. The quantitative estimate of drug-likeness (QED) is 0.378. The third kappa shape index (κ3) is 4.62. The molecule has 0 unspecified atom stereocenters. The molecule has 4 heterocycles. The van der Waals surface area contributed by atoms with Crippen LogP contribution in [0.15, 0.2) is 48.5 Å². The van der Waals surface area contributed by atoms with Gasteiger partial charge in [-0.25, -0.2) is 4.79 Å². The van der Waals surface area contributed by atoms with Crippen molar-refractivity contribution in [2.45, 2.75) is 69.1 Å². The second-order valence-corrected chi connectivity index (χ2v) is 16.2. The van der Waals surface area contributed by atoms with Crippen molar-refractivity contribution in [2.24, 2.45) is 5.92 Å². The van der Waals surface area contributed by atoms with Gasteiger partial charge in [0, 0.05) is 29.3 Å².